The lowest BCUT2D eigenvalue weighted by atomic mass is 9.80. The molecule has 1 aliphatic heterocycles. The van der Waals surface area contributed by atoms with Gasteiger partial charge in [0.15, 0.2) is 0 Å². The van der Waals surface area contributed by atoms with Crippen LogP contribution in [-0.4, -0.2) is 48.6 Å². The zero-order valence-electron chi connectivity index (χ0n) is 12.0. The molecule has 19 heavy (non-hydrogen) atoms. The highest BCUT2D eigenvalue weighted by molar-refractivity contribution is 5.50. The minimum atomic E-state index is 0.294. The van der Waals surface area contributed by atoms with Crippen LogP contribution in [-0.2, 0) is 0 Å². The van der Waals surface area contributed by atoms with Crippen molar-refractivity contribution in [1.29, 1.82) is 0 Å². The van der Waals surface area contributed by atoms with Crippen LogP contribution in [0.15, 0.2) is 6.07 Å². The molecule has 0 unspecified atom stereocenters. The van der Waals surface area contributed by atoms with E-state index >= 15 is 0 Å². The maximum Gasteiger partial charge on any atom is 0.223 e. The van der Waals surface area contributed by atoms with Crippen molar-refractivity contribution in [1.82, 2.24) is 14.9 Å². The highest BCUT2D eigenvalue weighted by Crippen LogP contribution is 2.30. The van der Waals surface area contributed by atoms with Gasteiger partial charge in [0.05, 0.1) is 0 Å². The summed E-state index contributed by atoms with van der Waals surface area (Å²) in [6, 6.07) is 1.88. The maximum absolute atomic E-state index is 5.69. The van der Waals surface area contributed by atoms with E-state index in [1.807, 2.05) is 13.1 Å². The minimum Gasteiger partial charge on any atom is -0.373 e. The Bertz CT molecular complexity index is 425. The van der Waals surface area contributed by atoms with Gasteiger partial charge in [-0.3, -0.25) is 0 Å². The molecule has 0 aliphatic carbocycles. The molecule has 2 rings (SSSR count). The van der Waals surface area contributed by atoms with Gasteiger partial charge in [-0.25, -0.2) is 0 Å². The Morgan fingerprint density at radius 1 is 1.32 bits per heavy atom. The van der Waals surface area contributed by atoms with Gasteiger partial charge >= 0.3 is 0 Å². The molecule has 6 nitrogen and oxygen atoms in total. The molecule has 0 spiro atoms. The maximum atomic E-state index is 5.69. The largest absolute Gasteiger partial charge is 0.373 e. The molecule has 0 saturated carbocycles. The zero-order chi connectivity index (χ0) is 13.9. The van der Waals surface area contributed by atoms with E-state index in [2.05, 4.69) is 39.5 Å². The highest BCUT2D eigenvalue weighted by Gasteiger charge is 2.28. The molecular formula is C13H24N6. The summed E-state index contributed by atoms with van der Waals surface area (Å²) in [4.78, 5) is 10.7. The number of nitrogen functional groups attached to an aromatic ring is 1. The Balaban J connectivity index is 1.96. The second-order valence-corrected chi connectivity index (χ2v) is 5.71. The molecule has 2 heterocycles. The van der Waals surface area contributed by atoms with E-state index in [9.17, 15) is 0 Å². The summed E-state index contributed by atoms with van der Waals surface area (Å²) >= 11 is 0. The Labute approximate surface area is 114 Å². The molecule has 4 N–H and O–H groups in total. The van der Waals surface area contributed by atoms with E-state index in [1.54, 1.807) is 0 Å². The van der Waals surface area contributed by atoms with E-state index in [-0.39, 0.29) is 0 Å². The Hall–Kier alpha value is -1.56. The molecule has 0 atom stereocenters. The predicted molar refractivity (Wildman–Crippen MR) is 79.3 cm³/mol. The normalized spacial score (nSPS) is 19.1. The average molecular weight is 264 g/mol. The van der Waals surface area contributed by atoms with Crippen LogP contribution in [0.2, 0.25) is 0 Å². The number of nitrogens with zero attached hydrogens (tertiary/aromatic N) is 3. The van der Waals surface area contributed by atoms with Gasteiger partial charge in [0.1, 0.15) is 11.6 Å². The third-order valence-electron chi connectivity index (χ3n) is 3.89. The van der Waals surface area contributed by atoms with Crippen molar-refractivity contribution < 1.29 is 0 Å². The summed E-state index contributed by atoms with van der Waals surface area (Å²) in [7, 11) is 4.00. The lowest BCUT2D eigenvalue weighted by Gasteiger charge is -2.38. The molecule has 106 valence electrons. The minimum absolute atomic E-state index is 0.294. The van der Waals surface area contributed by atoms with E-state index in [1.165, 1.54) is 12.8 Å². The quantitative estimate of drug-likeness (QED) is 0.759. The number of likely N-dealkylation sites (tertiary alicyclic amines) is 1. The molecule has 1 aliphatic rings. The molecule has 0 aromatic carbocycles. The van der Waals surface area contributed by atoms with Gasteiger partial charge in [0, 0.05) is 19.7 Å². The van der Waals surface area contributed by atoms with E-state index < -0.39 is 0 Å². The SMILES string of the molecule is CNc1cc(NCC2(C)CCN(C)CC2)nc(N)n1. The van der Waals surface area contributed by atoms with Crippen LogP contribution >= 0.6 is 0 Å². The predicted octanol–water partition coefficient (Wildman–Crippen LogP) is 1.24. The van der Waals surface area contributed by atoms with Crippen LogP contribution in [0, 0.1) is 5.41 Å². The van der Waals surface area contributed by atoms with Gasteiger partial charge in [-0.05, 0) is 38.4 Å². The first-order chi connectivity index (χ1) is 9.00. The van der Waals surface area contributed by atoms with E-state index in [0.29, 0.717) is 11.4 Å². The van der Waals surface area contributed by atoms with Crippen LogP contribution in [0.1, 0.15) is 19.8 Å². The first-order valence-electron chi connectivity index (χ1n) is 6.75. The van der Waals surface area contributed by atoms with Crippen molar-refractivity contribution in [3.8, 4) is 0 Å². The zero-order valence-corrected chi connectivity index (χ0v) is 12.0. The lowest BCUT2D eigenvalue weighted by molar-refractivity contribution is 0.150. The van der Waals surface area contributed by atoms with Crippen molar-refractivity contribution in [2.75, 3.05) is 50.1 Å². The van der Waals surface area contributed by atoms with Crippen LogP contribution in [0.3, 0.4) is 0 Å². The van der Waals surface area contributed by atoms with Crippen molar-refractivity contribution in [3.63, 3.8) is 0 Å². The van der Waals surface area contributed by atoms with Gasteiger partial charge in [-0.1, -0.05) is 6.92 Å². The van der Waals surface area contributed by atoms with Gasteiger partial charge in [-0.2, -0.15) is 9.97 Å². The standard InChI is InChI=1S/C13H24N6/c1-13(4-6-19(3)7-5-13)9-16-11-8-10(15-2)17-12(14)18-11/h8H,4-7,9H2,1-3H3,(H4,14,15,16,17,18). The fraction of sp³-hybridized carbons (Fsp3) is 0.692. The number of nitrogens with one attached hydrogen (secondary N) is 2. The summed E-state index contributed by atoms with van der Waals surface area (Å²) in [5, 5.41) is 6.38. The molecule has 0 amide bonds. The van der Waals surface area contributed by atoms with Gasteiger partial charge in [0.25, 0.3) is 0 Å². The smallest absolute Gasteiger partial charge is 0.223 e. The first kappa shape index (κ1) is 13.9. The Morgan fingerprint density at radius 2 is 1.95 bits per heavy atom. The average Bonchev–Trinajstić information content (AvgIpc) is 2.40. The van der Waals surface area contributed by atoms with E-state index in [0.717, 1.165) is 31.3 Å². The van der Waals surface area contributed by atoms with Crippen molar-refractivity contribution >= 4 is 17.6 Å². The molecule has 0 radical (unpaired) electrons. The lowest BCUT2D eigenvalue weighted by Crippen LogP contribution is -2.40. The van der Waals surface area contributed by atoms with Crippen LogP contribution in [0.25, 0.3) is 0 Å². The molecule has 1 aromatic rings. The summed E-state index contributed by atoms with van der Waals surface area (Å²) in [6.45, 7) is 5.56. The summed E-state index contributed by atoms with van der Waals surface area (Å²) in [5.41, 5.74) is 6.01. The second kappa shape index (κ2) is 5.61. The van der Waals surface area contributed by atoms with Crippen LogP contribution in [0.4, 0.5) is 17.6 Å². The molecule has 1 aromatic heterocycles. The second-order valence-electron chi connectivity index (χ2n) is 5.71. The van der Waals surface area contributed by atoms with Crippen molar-refractivity contribution in [2.45, 2.75) is 19.8 Å². The van der Waals surface area contributed by atoms with Gasteiger partial charge in [-0.15, -0.1) is 0 Å². The van der Waals surface area contributed by atoms with Crippen molar-refractivity contribution in [3.05, 3.63) is 6.07 Å². The van der Waals surface area contributed by atoms with Gasteiger partial charge < -0.3 is 21.3 Å². The third-order valence-corrected chi connectivity index (χ3v) is 3.89. The molecular weight excluding hydrogens is 240 g/mol. The number of piperidine rings is 1. The molecule has 1 fully saturated rings. The molecule has 0 bridgehead atoms. The number of aromatic nitrogens is 2. The molecule has 1 saturated heterocycles. The highest BCUT2D eigenvalue weighted by atomic mass is 15.1. The number of hydrogen-bond donors (Lipinski definition) is 3. The monoisotopic (exact) mass is 264 g/mol. The van der Waals surface area contributed by atoms with Crippen molar-refractivity contribution in [2.24, 2.45) is 5.41 Å². The number of rotatable bonds is 4. The van der Waals surface area contributed by atoms with Crippen LogP contribution in [0.5, 0.6) is 0 Å². The molecule has 6 heteroatoms. The topological polar surface area (TPSA) is 79.1 Å². The van der Waals surface area contributed by atoms with E-state index in [4.69, 9.17) is 5.73 Å². The summed E-state index contributed by atoms with van der Waals surface area (Å²) < 4.78 is 0. The third kappa shape index (κ3) is 3.70. The fourth-order valence-electron chi connectivity index (χ4n) is 2.32. The number of nitrogens with two attached hydrogens (primary N) is 1. The Morgan fingerprint density at radius 3 is 2.58 bits per heavy atom. The fourth-order valence-corrected chi connectivity index (χ4v) is 2.32. The number of anilines is 3. The summed E-state index contributed by atoms with van der Waals surface area (Å²) in [5.74, 6) is 1.82. The number of hydrogen-bond acceptors (Lipinski definition) is 6. The summed E-state index contributed by atoms with van der Waals surface area (Å²) in [6.07, 6.45) is 2.41. The first-order valence-corrected chi connectivity index (χ1v) is 6.75. The van der Waals surface area contributed by atoms with Gasteiger partial charge in [0.2, 0.25) is 5.95 Å². The van der Waals surface area contributed by atoms with Crippen LogP contribution < -0.4 is 16.4 Å². The Kier molecular flexibility index (Phi) is 4.09.